The van der Waals surface area contributed by atoms with Crippen LogP contribution in [0.3, 0.4) is 0 Å². The maximum Gasteiger partial charge on any atom is 0.239 e. The maximum atomic E-state index is 11.9. The van der Waals surface area contributed by atoms with Crippen LogP contribution in [0.25, 0.3) is 0 Å². The normalized spacial score (nSPS) is 17.3. The summed E-state index contributed by atoms with van der Waals surface area (Å²) in [6.45, 7) is 1.31. The van der Waals surface area contributed by atoms with Crippen LogP contribution in [0.1, 0.15) is 5.56 Å². The number of nitrogens with zero attached hydrogens (tertiary/aromatic N) is 1. The van der Waals surface area contributed by atoms with Gasteiger partial charge in [-0.2, -0.15) is 0 Å². The fourth-order valence-corrected chi connectivity index (χ4v) is 2.07. The van der Waals surface area contributed by atoms with Gasteiger partial charge in [-0.3, -0.25) is 4.79 Å². The van der Waals surface area contributed by atoms with Gasteiger partial charge in [-0.25, -0.2) is 0 Å². The molecular weight excluding hydrogens is 232 g/mol. The van der Waals surface area contributed by atoms with Crippen molar-refractivity contribution in [1.82, 2.24) is 4.90 Å². The average Bonchev–Trinajstić information content (AvgIpc) is 2.30. The Balaban J connectivity index is 1.86. The summed E-state index contributed by atoms with van der Waals surface area (Å²) in [7, 11) is 0. The van der Waals surface area contributed by atoms with Gasteiger partial charge < -0.3 is 20.8 Å². The van der Waals surface area contributed by atoms with Gasteiger partial charge in [0.25, 0.3) is 0 Å². The highest BCUT2D eigenvalue weighted by Gasteiger charge is 2.32. The fourth-order valence-electron chi connectivity index (χ4n) is 2.07. The van der Waals surface area contributed by atoms with Crippen LogP contribution in [-0.2, 0) is 11.2 Å². The van der Waals surface area contributed by atoms with E-state index in [1.807, 2.05) is 0 Å². The van der Waals surface area contributed by atoms with Crippen molar-refractivity contribution in [3.63, 3.8) is 0 Å². The van der Waals surface area contributed by atoms with E-state index < -0.39 is 6.04 Å². The number of rotatable bonds is 4. The Bertz CT molecular complexity index is 413. The highest BCUT2D eigenvalue weighted by molar-refractivity contribution is 5.82. The standard InChI is InChI=1S/C13H18N2O3/c14-12(5-9-1-3-11(17)4-2-9)13(18)15-6-10(7-15)8-16/h1-4,10,12,16-17H,5-8,14H2/t12-/m1/s1. The highest BCUT2D eigenvalue weighted by atomic mass is 16.3. The van der Waals surface area contributed by atoms with Crippen molar-refractivity contribution in [2.24, 2.45) is 11.7 Å². The second-order valence-corrected chi connectivity index (χ2v) is 4.77. The molecule has 1 saturated heterocycles. The van der Waals surface area contributed by atoms with Crippen molar-refractivity contribution in [3.05, 3.63) is 29.8 Å². The first kappa shape index (κ1) is 12.9. The molecule has 98 valence electrons. The molecule has 0 radical (unpaired) electrons. The van der Waals surface area contributed by atoms with Crippen LogP contribution >= 0.6 is 0 Å². The molecule has 1 amide bonds. The molecule has 1 atom stereocenters. The molecule has 0 aliphatic carbocycles. The molecule has 1 aliphatic heterocycles. The predicted molar refractivity (Wildman–Crippen MR) is 66.9 cm³/mol. The molecule has 18 heavy (non-hydrogen) atoms. The van der Waals surface area contributed by atoms with Gasteiger partial charge >= 0.3 is 0 Å². The Morgan fingerprint density at radius 3 is 2.56 bits per heavy atom. The number of hydrogen-bond donors (Lipinski definition) is 3. The summed E-state index contributed by atoms with van der Waals surface area (Å²) in [4.78, 5) is 13.6. The minimum absolute atomic E-state index is 0.0761. The summed E-state index contributed by atoms with van der Waals surface area (Å²) < 4.78 is 0. The minimum atomic E-state index is -0.561. The van der Waals surface area contributed by atoms with Crippen LogP contribution in [0.15, 0.2) is 24.3 Å². The molecule has 4 N–H and O–H groups in total. The van der Waals surface area contributed by atoms with Gasteiger partial charge in [0, 0.05) is 25.6 Å². The molecule has 0 saturated carbocycles. The van der Waals surface area contributed by atoms with E-state index in [2.05, 4.69) is 0 Å². The molecular formula is C13H18N2O3. The summed E-state index contributed by atoms with van der Waals surface area (Å²) in [5, 5.41) is 18.1. The Labute approximate surface area is 106 Å². The molecule has 0 aromatic heterocycles. The summed E-state index contributed by atoms with van der Waals surface area (Å²) in [6, 6.07) is 6.12. The van der Waals surface area contributed by atoms with Gasteiger partial charge in [0.05, 0.1) is 6.04 Å². The van der Waals surface area contributed by atoms with E-state index in [0.717, 1.165) is 5.56 Å². The van der Waals surface area contributed by atoms with E-state index in [1.54, 1.807) is 29.2 Å². The van der Waals surface area contributed by atoms with E-state index in [0.29, 0.717) is 19.5 Å². The van der Waals surface area contributed by atoms with Gasteiger partial charge in [0.2, 0.25) is 5.91 Å². The van der Waals surface area contributed by atoms with E-state index in [4.69, 9.17) is 15.9 Å². The highest BCUT2D eigenvalue weighted by Crippen LogP contribution is 2.17. The summed E-state index contributed by atoms with van der Waals surface area (Å²) in [5.74, 6) is 0.328. The van der Waals surface area contributed by atoms with E-state index in [9.17, 15) is 4.79 Å². The van der Waals surface area contributed by atoms with Crippen molar-refractivity contribution < 1.29 is 15.0 Å². The molecule has 1 aromatic rings. The SMILES string of the molecule is N[C@H](Cc1ccc(O)cc1)C(=O)N1CC(CO)C1. The van der Waals surface area contributed by atoms with E-state index >= 15 is 0 Å². The van der Waals surface area contributed by atoms with Crippen LogP contribution < -0.4 is 5.73 Å². The number of likely N-dealkylation sites (tertiary alicyclic amines) is 1. The first-order valence-corrected chi connectivity index (χ1v) is 6.03. The number of nitrogens with two attached hydrogens (primary N) is 1. The molecule has 1 heterocycles. The monoisotopic (exact) mass is 250 g/mol. The van der Waals surface area contributed by atoms with Crippen LogP contribution in [0.5, 0.6) is 5.75 Å². The number of aromatic hydroxyl groups is 1. The number of carbonyl (C=O) groups is 1. The minimum Gasteiger partial charge on any atom is -0.508 e. The number of aliphatic hydroxyl groups excluding tert-OH is 1. The van der Waals surface area contributed by atoms with Crippen molar-refractivity contribution >= 4 is 5.91 Å². The number of carbonyl (C=O) groups excluding carboxylic acids is 1. The van der Waals surface area contributed by atoms with Crippen molar-refractivity contribution in [3.8, 4) is 5.75 Å². The molecule has 0 bridgehead atoms. The number of aliphatic hydroxyl groups is 1. The van der Waals surface area contributed by atoms with Gasteiger partial charge in [0.15, 0.2) is 0 Å². The van der Waals surface area contributed by atoms with Crippen LogP contribution in [-0.4, -0.2) is 46.8 Å². The van der Waals surface area contributed by atoms with Crippen LogP contribution in [0.2, 0.25) is 0 Å². The summed E-state index contributed by atoms with van der Waals surface area (Å²) >= 11 is 0. The number of phenolic OH excluding ortho intramolecular Hbond substituents is 1. The van der Waals surface area contributed by atoms with Gasteiger partial charge in [-0.15, -0.1) is 0 Å². The third-order valence-corrected chi connectivity index (χ3v) is 3.24. The lowest BCUT2D eigenvalue weighted by atomic mass is 9.98. The van der Waals surface area contributed by atoms with E-state index in [-0.39, 0.29) is 24.2 Å². The van der Waals surface area contributed by atoms with Crippen molar-refractivity contribution in [1.29, 1.82) is 0 Å². The number of amides is 1. The topological polar surface area (TPSA) is 86.8 Å². The second-order valence-electron chi connectivity index (χ2n) is 4.77. The zero-order valence-electron chi connectivity index (χ0n) is 10.1. The van der Waals surface area contributed by atoms with Crippen LogP contribution in [0.4, 0.5) is 0 Å². The maximum absolute atomic E-state index is 11.9. The quantitative estimate of drug-likeness (QED) is 0.685. The van der Waals surface area contributed by atoms with Crippen molar-refractivity contribution in [2.75, 3.05) is 19.7 Å². The van der Waals surface area contributed by atoms with Crippen molar-refractivity contribution in [2.45, 2.75) is 12.5 Å². The first-order chi connectivity index (χ1) is 8.60. The Morgan fingerprint density at radius 2 is 2.00 bits per heavy atom. The fraction of sp³-hybridized carbons (Fsp3) is 0.462. The number of hydrogen-bond acceptors (Lipinski definition) is 4. The van der Waals surface area contributed by atoms with Gasteiger partial charge in [-0.1, -0.05) is 12.1 Å². The number of phenols is 1. The third kappa shape index (κ3) is 2.80. The summed E-state index contributed by atoms with van der Waals surface area (Å²) in [6.07, 6.45) is 0.458. The molecule has 5 nitrogen and oxygen atoms in total. The van der Waals surface area contributed by atoms with E-state index in [1.165, 1.54) is 0 Å². The lowest BCUT2D eigenvalue weighted by molar-refractivity contribution is -0.139. The van der Waals surface area contributed by atoms with Gasteiger partial charge in [-0.05, 0) is 24.1 Å². The Morgan fingerprint density at radius 1 is 1.39 bits per heavy atom. The molecule has 5 heteroatoms. The Kier molecular flexibility index (Phi) is 3.84. The molecule has 0 spiro atoms. The Hall–Kier alpha value is -1.59. The predicted octanol–water partition coefficient (Wildman–Crippen LogP) is -0.287. The summed E-state index contributed by atoms with van der Waals surface area (Å²) in [5.41, 5.74) is 6.79. The second kappa shape index (κ2) is 5.37. The lowest BCUT2D eigenvalue weighted by Gasteiger charge is -2.39. The number of benzene rings is 1. The zero-order valence-corrected chi connectivity index (χ0v) is 10.1. The first-order valence-electron chi connectivity index (χ1n) is 6.03. The smallest absolute Gasteiger partial charge is 0.239 e. The molecule has 2 rings (SSSR count). The molecule has 1 aliphatic rings. The largest absolute Gasteiger partial charge is 0.508 e. The third-order valence-electron chi connectivity index (χ3n) is 3.24. The molecule has 1 aromatic carbocycles. The molecule has 0 unspecified atom stereocenters. The zero-order chi connectivity index (χ0) is 13.1. The van der Waals surface area contributed by atoms with Crippen LogP contribution in [0, 0.1) is 5.92 Å². The lowest BCUT2D eigenvalue weighted by Crippen LogP contribution is -2.56. The molecule has 1 fully saturated rings. The average molecular weight is 250 g/mol. The van der Waals surface area contributed by atoms with Gasteiger partial charge in [0.1, 0.15) is 5.75 Å².